The number of nitrogens with zero attached hydrogens (tertiary/aromatic N) is 1. The summed E-state index contributed by atoms with van der Waals surface area (Å²) in [4.78, 5) is 0.643. The maximum absolute atomic E-state index is 7.55. The predicted octanol–water partition coefficient (Wildman–Crippen LogP) is 1.11. The first kappa shape index (κ1) is 7.36. The van der Waals surface area contributed by atoms with Gasteiger partial charge in [0, 0.05) is 0 Å². The number of hydrogen-bond acceptors (Lipinski definition) is 2. The van der Waals surface area contributed by atoms with E-state index in [-0.39, 0.29) is 0 Å². The van der Waals surface area contributed by atoms with E-state index in [1.807, 2.05) is 14.9 Å². The van der Waals surface area contributed by atoms with Crippen molar-refractivity contribution in [1.82, 2.24) is 2.79 Å². The van der Waals surface area contributed by atoms with E-state index in [2.05, 4.69) is 12.1 Å². The summed E-state index contributed by atoms with van der Waals surface area (Å²) in [5.41, 5.74) is 1.18. The van der Waals surface area contributed by atoms with E-state index in [0.29, 0.717) is 4.80 Å². The van der Waals surface area contributed by atoms with Crippen molar-refractivity contribution in [3.05, 3.63) is 29.1 Å². The average Bonchev–Trinajstić information content (AvgIpc) is 2.30. The van der Waals surface area contributed by atoms with E-state index < -0.39 is 0 Å². The Bertz CT molecular complexity index is 443. The molecule has 4 heteroatoms. The third-order valence-corrected chi connectivity index (χ3v) is 4.25. The van der Waals surface area contributed by atoms with E-state index in [0.717, 1.165) is 0 Å². The number of nitrogens with one attached hydrogen (secondary N) is 1. The standard InChI is InChI=1S/C7H5N2S.Sn/c8-7-9-5-3-1-2-4-6(5)10-7;/h1-4H,(H-,8,9);/q-1;+2. The van der Waals surface area contributed by atoms with Gasteiger partial charge in [0.05, 0.1) is 0 Å². The molecule has 52 valence electrons. The number of para-hydroxylation sites is 1. The molecule has 1 aromatic carbocycles. The Labute approximate surface area is 81.4 Å². The molecule has 0 saturated carbocycles. The van der Waals surface area contributed by atoms with Crippen LogP contribution < -0.4 is 4.80 Å². The van der Waals surface area contributed by atoms with Gasteiger partial charge in [0.2, 0.25) is 0 Å². The minimum absolute atomic E-state index is 0.643. The van der Waals surface area contributed by atoms with Crippen LogP contribution in [0.5, 0.6) is 0 Å². The molecule has 0 spiro atoms. The summed E-state index contributed by atoms with van der Waals surface area (Å²) >= 11 is 2.79. The van der Waals surface area contributed by atoms with Gasteiger partial charge in [-0.3, -0.25) is 0 Å². The van der Waals surface area contributed by atoms with Crippen LogP contribution in [0.25, 0.3) is 10.2 Å². The fourth-order valence-electron chi connectivity index (χ4n) is 0.987. The Morgan fingerprint density at radius 3 is 2.82 bits per heavy atom. The molecule has 2 rings (SSSR count). The Hall–Kier alpha value is -0.291. The molecule has 0 fully saturated rings. The molecule has 0 atom stereocenters. The van der Waals surface area contributed by atoms with Crippen molar-refractivity contribution in [3.63, 3.8) is 0 Å². The zero-order valence-electron chi connectivity index (χ0n) is 5.66. The van der Waals surface area contributed by atoms with Gasteiger partial charge in [-0.1, -0.05) is 0 Å². The van der Waals surface area contributed by atoms with Gasteiger partial charge in [-0.2, -0.15) is 0 Å². The number of fused-ring (bicyclic) bond motifs is 1. The molecule has 0 amide bonds. The van der Waals surface area contributed by atoms with Crippen LogP contribution in [-0.2, 0) is 0 Å². The van der Waals surface area contributed by atoms with Crippen LogP contribution in [0.1, 0.15) is 0 Å². The maximum atomic E-state index is 7.55. The fourth-order valence-corrected chi connectivity index (χ4v) is 2.97. The minimum atomic E-state index is 0.643. The van der Waals surface area contributed by atoms with Gasteiger partial charge in [0.15, 0.2) is 0 Å². The first-order valence-corrected chi connectivity index (χ1v) is 5.25. The second-order valence-corrected chi connectivity index (χ2v) is 4.52. The topological polar surface area (TPSA) is 28.8 Å². The Morgan fingerprint density at radius 1 is 1.36 bits per heavy atom. The Kier molecular flexibility index (Phi) is 1.77. The number of aromatic nitrogens is 1. The van der Waals surface area contributed by atoms with Crippen LogP contribution in [0.4, 0.5) is 0 Å². The monoisotopic (exact) mass is 269 g/mol. The number of hydrogen-bond donors (Lipinski definition) is 1. The molecule has 0 unspecified atom stereocenters. The van der Waals surface area contributed by atoms with E-state index in [4.69, 9.17) is 5.41 Å². The number of rotatable bonds is 0. The summed E-state index contributed by atoms with van der Waals surface area (Å²) in [6.07, 6.45) is 0. The van der Waals surface area contributed by atoms with Crippen molar-refractivity contribution >= 4 is 44.4 Å². The molecule has 2 nitrogen and oxygen atoms in total. The molecule has 0 aliphatic carbocycles. The zero-order chi connectivity index (χ0) is 7.84. The van der Waals surface area contributed by atoms with Gasteiger partial charge in [-0.25, -0.2) is 0 Å². The molecule has 0 bridgehead atoms. The molecule has 2 radical (unpaired) electrons. The van der Waals surface area contributed by atoms with Crippen molar-refractivity contribution in [2.75, 3.05) is 0 Å². The second kappa shape index (κ2) is 2.64. The molecule has 0 aliphatic rings. The molecular formula is C7H5N2SSn+. The van der Waals surface area contributed by atoms with E-state index in [9.17, 15) is 0 Å². The molecule has 0 aliphatic heterocycles. The molecular weight excluding hydrogens is 263 g/mol. The SMILES string of the molecule is N=c1sc2ccccc2[n]1[Sn+]. The van der Waals surface area contributed by atoms with Crippen LogP contribution in [0, 0.1) is 5.41 Å². The van der Waals surface area contributed by atoms with Crippen molar-refractivity contribution in [2.45, 2.75) is 0 Å². The Morgan fingerprint density at radius 2 is 2.09 bits per heavy atom. The Balaban J connectivity index is 3.04. The summed E-state index contributed by atoms with van der Waals surface area (Å²) in [6, 6.07) is 8.13. The summed E-state index contributed by atoms with van der Waals surface area (Å²) in [5, 5.41) is 7.55. The summed E-state index contributed by atoms with van der Waals surface area (Å²) in [7, 11) is 0. The van der Waals surface area contributed by atoms with Gasteiger partial charge in [0.1, 0.15) is 0 Å². The summed E-state index contributed by atoms with van der Waals surface area (Å²) in [5.74, 6) is 0. The molecule has 11 heavy (non-hydrogen) atoms. The van der Waals surface area contributed by atoms with Crippen molar-refractivity contribution in [3.8, 4) is 0 Å². The van der Waals surface area contributed by atoms with Crippen molar-refractivity contribution in [1.29, 1.82) is 5.41 Å². The first-order chi connectivity index (χ1) is 5.29. The summed E-state index contributed by atoms with van der Waals surface area (Å²) in [6.45, 7) is 0. The predicted molar refractivity (Wildman–Crippen MR) is 46.8 cm³/mol. The van der Waals surface area contributed by atoms with E-state index >= 15 is 0 Å². The van der Waals surface area contributed by atoms with Gasteiger partial charge >= 0.3 is 81.6 Å². The van der Waals surface area contributed by atoms with Gasteiger partial charge < -0.3 is 0 Å². The molecule has 1 heterocycles. The second-order valence-electron chi connectivity index (χ2n) is 2.21. The molecule has 1 aromatic heterocycles. The zero-order valence-corrected chi connectivity index (χ0v) is 9.34. The van der Waals surface area contributed by atoms with Gasteiger partial charge in [-0.15, -0.1) is 0 Å². The molecule has 1 N–H and O–H groups in total. The van der Waals surface area contributed by atoms with E-state index in [1.54, 1.807) is 0 Å². The van der Waals surface area contributed by atoms with Crippen LogP contribution in [0.2, 0.25) is 0 Å². The quantitative estimate of drug-likeness (QED) is 0.693. The third kappa shape index (κ3) is 1.12. The normalized spacial score (nSPS) is 10.5. The first-order valence-electron chi connectivity index (χ1n) is 3.16. The van der Waals surface area contributed by atoms with Gasteiger partial charge in [-0.05, 0) is 0 Å². The molecule has 2 aromatic rings. The third-order valence-electron chi connectivity index (χ3n) is 1.52. The van der Waals surface area contributed by atoms with E-state index in [1.165, 1.54) is 44.4 Å². The van der Waals surface area contributed by atoms with Crippen LogP contribution in [0.3, 0.4) is 0 Å². The van der Waals surface area contributed by atoms with Crippen LogP contribution >= 0.6 is 11.3 Å². The fraction of sp³-hybridized carbons (Fsp3) is 0. The average molecular weight is 268 g/mol. The number of benzene rings is 1. The van der Waals surface area contributed by atoms with Crippen LogP contribution in [0.15, 0.2) is 24.3 Å². The van der Waals surface area contributed by atoms with Crippen molar-refractivity contribution < 1.29 is 0 Å². The molecule has 0 saturated heterocycles. The number of thiazole rings is 1. The van der Waals surface area contributed by atoms with Crippen LogP contribution in [-0.4, -0.2) is 25.6 Å². The van der Waals surface area contributed by atoms with Crippen molar-refractivity contribution in [2.24, 2.45) is 0 Å². The summed E-state index contributed by atoms with van der Waals surface area (Å²) < 4.78 is 3.18. The van der Waals surface area contributed by atoms with Gasteiger partial charge in [0.25, 0.3) is 0 Å².